The minimum Gasteiger partial charge on any atom is -0.447 e. The van der Waals surface area contributed by atoms with E-state index in [0.29, 0.717) is 6.61 Å². The zero-order valence-electron chi connectivity index (χ0n) is 6.16. The zero-order valence-corrected chi connectivity index (χ0v) is 6.16. The Hall–Kier alpha value is -0.810. The Morgan fingerprint density at radius 2 is 2.10 bits per heavy atom. The Balaban J connectivity index is 2.98. The molecule has 5 nitrogen and oxygen atoms in total. The molecule has 10 heavy (non-hydrogen) atoms. The molecule has 0 heterocycles. The molecule has 2 N–H and O–H groups in total. The topological polar surface area (TPSA) is 64.8 Å². The van der Waals surface area contributed by atoms with Gasteiger partial charge in [0.1, 0.15) is 13.2 Å². The van der Waals surface area contributed by atoms with E-state index >= 15 is 0 Å². The highest BCUT2D eigenvalue weighted by atomic mass is 16.7. The number of primary amides is 1. The quantitative estimate of drug-likeness (QED) is 0.434. The van der Waals surface area contributed by atoms with Gasteiger partial charge in [0.05, 0.1) is 0 Å². The predicted octanol–water partition coefficient (Wildman–Crippen LogP) is -0.425. The molecule has 0 aliphatic heterocycles. The van der Waals surface area contributed by atoms with Crippen LogP contribution in [0.15, 0.2) is 0 Å². The monoisotopic (exact) mass is 148 g/mol. The number of ether oxygens (including phenoxy) is 1. The molecule has 0 aliphatic carbocycles. The molecule has 0 aromatic heterocycles. The lowest BCUT2D eigenvalue weighted by atomic mass is 10.8. The van der Waals surface area contributed by atoms with Crippen molar-refractivity contribution in [1.29, 1.82) is 0 Å². The highest BCUT2D eigenvalue weighted by molar-refractivity contribution is 5.64. The summed E-state index contributed by atoms with van der Waals surface area (Å²) in [5, 5.41) is 1.52. The highest BCUT2D eigenvalue weighted by Gasteiger charge is 1.93. The molecular weight excluding hydrogens is 136 g/mol. The summed E-state index contributed by atoms with van der Waals surface area (Å²) in [6.45, 7) is 0.517. The van der Waals surface area contributed by atoms with Crippen LogP contribution in [0.4, 0.5) is 4.79 Å². The molecule has 0 rings (SSSR count). The van der Waals surface area contributed by atoms with Crippen LogP contribution in [0.25, 0.3) is 0 Å². The SMILES string of the molecule is CN(C)OCCOC(N)=O. The van der Waals surface area contributed by atoms with Crippen molar-refractivity contribution in [3.63, 3.8) is 0 Å². The number of hydroxylamine groups is 2. The van der Waals surface area contributed by atoms with Gasteiger partial charge >= 0.3 is 6.09 Å². The minimum atomic E-state index is -0.776. The molecule has 0 saturated carbocycles. The highest BCUT2D eigenvalue weighted by Crippen LogP contribution is 1.79. The van der Waals surface area contributed by atoms with E-state index in [9.17, 15) is 4.79 Å². The number of nitrogens with two attached hydrogens (primary N) is 1. The number of carbonyl (C=O) groups excluding carboxylic acids is 1. The van der Waals surface area contributed by atoms with Crippen LogP contribution in [0.5, 0.6) is 0 Å². The van der Waals surface area contributed by atoms with E-state index < -0.39 is 6.09 Å². The summed E-state index contributed by atoms with van der Waals surface area (Å²) in [6.07, 6.45) is -0.776. The Bertz CT molecular complexity index is 105. The van der Waals surface area contributed by atoms with E-state index in [4.69, 9.17) is 4.84 Å². The van der Waals surface area contributed by atoms with Crippen molar-refractivity contribution in [1.82, 2.24) is 5.06 Å². The fourth-order valence-corrected chi connectivity index (χ4v) is 0.362. The second kappa shape index (κ2) is 5.01. The van der Waals surface area contributed by atoms with E-state index in [1.54, 1.807) is 14.1 Å². The molecule has 0 aromatic rings. The number of rotatable bonds is 4. The second-order valence-electron chi connectivity index (χ2n) is 1.81. The van der Waals surface area contributed by atoms with E-state index in [-0.39, 0.29) is 6.61 Å². The largest absolute Gasteiger partial charge is 0.447 e. The molecule has 0 atom stereocenters. The Morgan fingerprint density at radius 1 is 1.50 bits per heavy atom. The maximum absolute atomic E-state index is 9.97. The van der Waals surface area contributed by atoms with Crippen LogP contribution in [-0.4, -0.2) is 38.5 Å². The van der Waals surface area contributed by atoms with Crippen molar-refractivity contribution in [3.8, 4) is 0 Å². The first-order valence-electron chi connectivity index (χ1n) is 2.85. The summed E-state index contributed by atoms with van der Waals surface area (Å²) in [5.41, 5.74) is 4.68. The second-order valence-corrected chi connectivity index (χ2v) is 1.81. The molecule has 5 heteroatoms. The van der Waals surface area contributed by atoms with Gasteiger partial charge in [-0.25, -0.2) is 4.79 Å². The molecule has 0 saturated heterocycles. The Kier molecular flexibility index (Phi) is 4.61. The van der Waals surface area contributed by atoms with Crippen LogP contribution in [0, 0.1) is 0 Å². The summed E-state index contributed by atoms with van der Waals surface area (Å²) in [7, 11) is 3.48. The normalized spacial score (nSPS) is 9.90. The van der Waals surface area contributed by atoms with Gasteiger partial charge in [0.2, 0.25) is 0 Å². The fourth-order valence-electron chi connectivity index (χ4n) is 0.362. The summed E-state index contributed by atoms with van der Waals surface area (Å²) in [6, 6.07) is 0. The Morgan fingerprint density at radius 3 is 2.50 bits per heavy atom. The third-order valence-corrected chi connectivity index (χ3v) is 0.677. The third kappa shape index (κ3) is 7.19. The van der Waals surface area contributed by atoms with Gasteiger partial charge in [0.25, 0.3) is 0 Å². The smallest absolute Gasteiger partial charge is 0.404 e. The summed E-state index contributed by atoms with van der Waals surface area (Å²) < 4.78 is 4.38. The number of hydrogen-bond acceptors (Lipinski definition) is 4. The molecule has 0 unspecified atom stereocenters. The van der Waals surface area contributed by atoms with Crippen molar-refractivity contribution in [3.05, 3.63) is 0 Å². The van der Waals surface area contributed by atoms with Crippen LogP contribution < -0.4 is 5.73 Å². The number of nitrogens with zero attached hydrogens (tertiary/aromatic N) is 1. The van der Waals surface area contributed by atoms with Gasteiger partial charge in [-0.3, -0.25) is 4.84 Å². The minimum absolute atomic E-state index is 0.188. The maximum Gasteiger partial charge on any atom is 0.404 e. The first-order chi connectivity index (χ1) is 4.63. The van der Waals surface area contributed by atoms with Crippen LogP contribution in [-0.2, 0) is 9.57 Å². The molecule has 0 bridgehead atoms. The third-order valence-electron chi connectivity index (χ3n) is 0.677. The van der Waals surface area contributed by atoms with Gasteiger partial charge in [0, 0.05) is 14.1 Å². The number of carbonyl (C=O) groups is 1. The van der Waals surface area contributed by atoms with E-state index in [1.807, 2.05) is 0 Å². The Labute approximate surface area is 59.6 Å². The predicted molar refractivity (Wildman–Crippen MR) is 35.2 cm³/mol. The molecule has 0 radical (unpaired) electrons. The van der Waals surface area contributed by atoms with Gasteiger partial charge in [-0.2, -0.15) is 5.06 Å². The van der Waals surface area contributed by atoms with Gasteiger partial charge < -0.3 is 10.5 Å². The van der Waals surface area contributed by atoms with Gasteiger partial charge in [0.15, 0.2) is 0 Å². The van der Waals surface area contributed by atoms with E-state index in [1.165, 1.54) is 5.06 Å². The maximum atomic E-state index is 9.97. The molecule has 0 spiro atoms. The lowest BCUT2D eigenvalue weighted by molar-refractivity contribution is -0.128. The lowest BCUT2D eigenvalue weighted by Gasteiger charge is -2.09. The van der Waals surface area contributed by atoms with Crippen molar-refractivity contribution < 1.29 is 14.4 Å². The standard InChI is InChI=1S/C5H12N2O3/c1-7(2)10-4-3-9-5(6)8/h3-4H2,1-2H3,(H2,6,8). The molecule has 1 amide bonds. The molecular formula is C5H12N2O3. The number of amides is 1. The van der Waals surface area contributed by atoms with Crippen LogP contribution in [0.1, 0.15) is 0 Å². The van der Waals surface area contributed by atoms with E-state index in [0.717, 1.165) is 0 Å². The van der Waals surface area contributed by atoms with Crippen molar-refractivity contribution in [2.24, 2.45) is 5.73 Å². The molecule has 0 fully saturated rings. The molecule has 0 aliphatic rings. The first kappa shape index (κ1) is 9.19. The summed E-state index contributed by atoms with van der Waals surface area (Å²) >= 11 is 0. The first-order valence-corrected chi connectivity index (χ1v) is 2.85. The lowest BCUT2D eigenvalue weighted by Crippen LogP contribution is -2.20. The molecule has 60 valence electrons. The van der Waals surface area contributed by atoms with Crippen molar-refractivity contribution in [2.75, 3.05) is 27.3 Å². The van der Waals surface area contributed by atoms with Crippen LogP contribution in [0.3, 0.4) is 0 Å². The van der Waals surface area contributed by atoms with Gasteiger partial charge in [-0.05, 0) is 0 Å². The summed E-state index contributed by atoms with van der Waals surface area (Å²) in [5.74, 6) is 0. The van der Waals surface area contributed by atoms with E-state index in [2.05, 4.69) is 10.5 Å². The average molecular weight is 148 g/mol. The number of hydrogen-bond donors (Lipinski definition) is 1. The van der Waals surface area contributed by atoms with Gasteiger partial charge in [-0.1, -0.05) is 0 Å². The van der Waals surface area contributed by atoms with Crippen LogP contribution >= 0.6 is 0 Å². The molecule has 0 aromatic carbocycles. The summed E-state index contributed by atoms with van der Waals surface area (Å²) in [4.78, 5) is 14.9. The zero-order chi connectivity index (χ0) is 7.98. The fraction of sp³-hybridized carbons (Fsp3) is 0.800. The van der Waals surface area contributed by atoms with Gasteiger partial charge in [-0.15, -0.1) is 0 Å². The average Bonchev–Trinajstić information content (AvgIpc) is 1.79. The van der Waals surface area contributed by atoms with Crippen molar-refractivity contribution in [2.45, 2.75) is 0 Å². The van der Waals surface area contributed by atoms with Crippen LogP contribution in [0.2, 0.25) is 0 Å². The van der Waals surface area contributed by atoms with Crippen molar-refractivity contribution >= 4 is 6.09 Å².